The molecule has 0 spiro atoms. The van der Waals surface area contributed by atoms with E-state index in [2.05, 4.69) is 69.4 Å². The normalized spacial score (nSPS) is 12.4. The Morgan fingerprint density at radius 1 is 1.20 bits per heavy atom. The first-order valence-electron chi connectivity index (χ1n) is 6.74. The number of pyridine rings is 1. The molecule has 1 aromatic carbocycles. The third-order valence-electron chi connectivity index (χ3n) is 3.00. The van der Waals surface area contributed by atoms with Crippen molar-refractivity contribution in [3.63, 3.8) is 0 Å². The first kappa shape index (κ1) is 15.0. The largest absolute Gasteiger partial charge is 0.366 e. The molecule has 0 aliphatic heterocycles. The van der Waals surface area contributed by atoms with E-state index in [0.717, 1.165) is 23.4 Å². The number of hydrogen-bond donors (Lipinski definition) is 1. The molecule has 0 bridgehead atoms. The fourth-order valence-corrected chi connectivity index (χ4v) is 2.42. The van der Waals surface area contributed by atoms with Gasteiger partial charge in [-0.3, -0.25) is 0 Å². The van der Waals surface area contributed by atoms with Gasteiger partial charge in [-0.15, -0.1) is 0 Å². The van der Waals surface area contributed by atoms with Crippen LogP contribution in [0, 0.1) is 0 Å². The van der Waals surface area contributed by atoms with Gasteiger partial charge >= 0.3 is 0 Å². The molecule has 1 unspecified atom stereocenters. The molecule has 1 atom stereocenters. The SMILES string of the molecule is CC(CN(C)Cc1ccccc1)Nc1ccc(Br)cn1. The average Bonchev–Trinajstić information content (AvgIpc) is 2.42. The molecule has 2 rings (SSSR count). The molecule has 2 aromatic rings. The zero-order chi connectivity index (χ0) is 14.4. The van der Waals surface area contributed by atoms with E-state index in [1.54, 1.807) is 0 Å². The van der Waals surface area contributed by atoms with Crippen LogP contribution in [-0.2, 0) is 6.54 Å². The highest BCUT2D eigenvalue weighted by molar-refractivity contribution is 9.10. The lowest BCUT2D eigenvalue weighted by Gasteiger charge is -2.22. The summed E-state index contributed by atoms with van der Waals surface area (Å²) >= 11 is 3.39. The Morgan fingerprint density at radius 3 is 2.60 bits per heavy atom. The average molecular weight is 334 g/mol. The van der Waals surface area contributed by atoms with Gasteiger partial charge in [-0.2, -0.15) is 0 Å². The van der Waals surface area contributed by atoms with Crippen molar-refractivity contribution in [1.29, 1.82) is 0 Å². The maximum atomic E-state index is 4.33. The van der Waals surface area contributed by atoms with Gasteiger partial charge < -0.3 is 10.2 Å². The molecule has 0 amide bonds. The zero-order valence-corrected chi connectivity index (χ0v) is 13.5. The molecule has 0 aliphatic carbocycles. The van der Waals surface area contributed by atoms with Crippen LogP contribution in [-0.4, -0.2) is 29.5 Å². The minimum atomic E-state index is 0.345. The summed E-state index contributed by atoms with van der Waals surface area (Å²) in [7, 11) is 2.14. The van der Waals surface area contributed by atoms with Gasteiger partial charge in [0.2, 0.25) is 0 Å². The van der Waals surface area contributed by atoms with Gasteiger partial charge in [0.05, 0.1) is 0 Å². The zero-order valence-electron chi connectivity index (χ0n) is 11.9. The summed E-state index contributed by atoms with van der Waals surface area (Å²) in [6.45, 7) is 4.10. The standard InChI is InChI=1S/C16H20BrN3/c1-13(19-16-9-8-15(17)10-18-16)11-20(2)12-14-6-4-3-5-7-14/h3-10,13H,11-12H2,1-2H3,(H,18,19). The number of nitrogens with one attached hydrogen (secondary N) is 1. The predicted octanol–water partition coefficient (Wildman–Crippen LogP) is 3.78. The Morgan fingerprint density at radius 2 is 1.95 bits per heavy atom. The molecule has 0 aliphatic rings. The second kappa shape index (κ2) is 7.41. The first-order chi connectivity index (χ1) is 9.63. The molecule has 0 radical (unpaired) electrons. The third-order valence-corrected chi connectivity index (χ3v) is 3.47. The Labute approximate surface area is 129 Å². The molecule has 4 heteroatoms. The van der Waals surface area contributed by atoms with Crippen LogP contribution < -0.4 is 5.32 Å². The Bertz CT molecular complexity index is 513. The first-order valence-corrected chi connectivity index (χ1v) is 7.53. The quantitative estimate of drug-likeness (QED) is 0.871. The van der Waals surface area contributed by atoms with Gasteiger partial charge in [0.1, 0.15) is 5.82 Å². The lowest BCUT2D eigenvalue weighted by atomic mass is 10.2. The number of nitrogens with zero attached hydrogens (tertiary/aromatic N) is 2. The fourth-order valence-electron chi connectivity index (χ4n) is 2.19. The summed E-state index contributed by atoms with van der Waals surface area (Å²) in [5.41, 5.74) is 1.34. The smallest absolute Gasteiger partial charge is 0.126 e. The van der Waals surface area contributed by atoms with Crippen molar-refractivity contribution in [2.45, 2.75) is 19.5 Å². The molecule has 1 N–H and O–H groups in total. The van der Waals surface area contributed by atoms with Gasteiger partial charge in [0.25, 0.3) is 0 Å². The molecule has 3 nitrogen and oxygen atoms in total. The van der Waals surface area contributed by atoms with Gasteiger partial charge in [-0.1, -0.05) is 30.3 Å². The van der Waals surface area contributed by atoms with Crippen molar-refractivity contribution in [3.05, 3.63) is 58.7 Å². The van der Waals surface area contributed by atoms with Crippen LogP contribution in [0.5, 0.6) is 0 Å². The van der Waals surface area contributed by atoms with E-state index in [4.69, 9.17) is 0 Å². The number of hydrogen-bond acceptors (Lipinski definition) is 3. The topological polar surface area (TPSA) is 28.2 Å². The third kappa shape index (κ3) is 4.94. The van der Waals surface area contributed by atoms with Crippen LogP contribution in [0.3, 0.4) is 0 Å². The molecule has 20 heavy (non-hydrogen) atoms. The highest BCUT2D eigenvalue weighted by Gasteiger charge is 2.07. The molecule has 1 aromatic heterocycles. The maximum absolute atomic E-state index is 4.33. The number of halogens is 1. The monoisotopic (exact) mass is 333 g/mol. The van der Waals surface area contributed by atoms with Crippen LogP contribution in [0.15, 0.2) is 53.1 Å². The van der Waals surface area contributed by atoms with E-state index in [1.807, 2.05) is 24.4 Å². The Kier molecular flexibility index (Phi) is 5.56. The van der Waals surface area contributed by atoms with Crippen LogP contribution in [0.1, 0.15) is 12.5 Å². The van der Waals surface area contributed by atoms with E-state index in [1.165, 1.54) is 5.56 Å². The highest BCUT2D eigenvalue weighted by Crippen LogP contribution is 2.11. The molecular formula is C16H20BrN3. The number of rotatable bonds is 6. The summed E-state index contributed by atoms with van der Waals surface area (Å²) in [6, 6.07) is 14.8. The Hall–Kier alpha value is -1.39. The number of likely N-dealkylation sites (N-methyl/N-ethyl adjacent to an activating group) is 1. The highest BCUT2D eigenvalue weighted by atomic mass is 79.9. The molecule has 106 valence electrons. The molecule has 0 fully saturated rings. The fraction of sp³-hybridized carbons (Fsp3) is 0.312. The van der Waals surface area contributed by atoms with Crippen molar-refractivity contribution in [3.8, 4) is 0 Å². The van der Waals surface area contributed by atoms with E-state index < -0.39 is 0 Å². The summed E-state index contributed by atoms with van der Waals surface area (Å²) in [6.07, 6.45) is 1.81. The number of aromatic nitrogens is 1. The van der Waals surface area contributed by atoms with E-state index in [-0.39, 0.29) is 0 Å². The predicted molar refractivity (Wildman–Crippen MR) is 87.8 cm³/mol. The van der Waals surface area contributed by atoms with Gasteiger partial charge in [-0.05, 0) is 47.6 Å². The molecular weight excluding hydrogens is 314 g/mol. The summed E-state index contributed by atoms with van der Waals surface area (Å²) in [4.78, 5) is 6.64. The second-order valence-electron chi connectivity index (χ2n) is 5.09. The van der Waals surface area contributed by atoms with Gasteiger partial charge in [0.15, 0.2) is 0 Å². The summed E-state index contributed by atoms with van der Waals surface area (Å²) in [5.74, 6) is 0.911. The molecule has 0 saturated carbocycles. The van der Waals surface area contributed by atoms with E-state index in [0.29, 0.717) is 6.04 Å². The maximum Gasteiger partial charge on any atom is 0.126 e. The minimum absolute atomic E-state index is 0.345. The molecule has 0 saturated heterocycles. The van der Waals surface area contributed by atoms with Crippen LogP contribution in [0.4, 0.5) is 5.82 Å². The minimum Gasteiger partial charge on any atom is -0.366 e. The summed E-state index contributed by atoms with van der Waals surface area (Å²) < 4.78 is 0.997. The summed E-state index contributed by atoms with van der Waals surface area (Å²) in [5, 5.41) is 3.41. The van der Waals surface area contributed by atoms with Gasteiger partial charge in [-0.25, -0.2) is 4.98 Å². The second-order valence-corrected chi connectivity index (χ2v) is 6.01. The van der Waals surface area contributed by atoms with Gasteiger partial charge in [0, 0.05) is 29.8 Å². The number of anilines is 1. The van der Waals surface area contributed by atoms with Crippen molar-refractivity contribution >= 4 is 21.7 Å². The van der Waals surface area contributed by atoms with Crippen LogP contribution >= 0.6 is 15.9 Å². The van der Waals surface area contributed by atoms with E-state index >= 15 is 0 Å². The van der Waals surface area contributed by atoms with Crippen molar-refractivity contribution < 1.29 is 0 Å². The van der Waals surface area contributed by atoms with Crippen molar-refractivity contribution in [2.75, 3.05) is 18.9 Å². The van der Waals surface area contributed by atoms with E-state index in [9.17, 15) is 0 Å². The number of benzene rings is 1. The lowest BCUT2D eigenvalue weighted by molar-refractivity contribution is 0.316. The van der Waals surface area contributed by atoms with Crippen molar-refractivity contribution in [1.82, 2.24) is 9.88 Å². The Balaban J connectivity index is 1.81. The van der Waals surface area contributed by atoms with Crippen LogP contribution in [0.2, 0.25) is 0 Å². The van der Waals surface area contributed by atoms with Crippen molar-refractivity contribution in [2.24, 2.45) is 0 Å². The molecule has 1 heterocycles. The van der Waals surface area contributed by atoms with Crippen LogP contribution in [0.25, 0.3) is 0 Å². The lowest BCUT2D eigenvalue weighted by Crippen LogP contribution is -2.32.